The molecule has 1 aromatic heterocycles. The van der Waals surface area contributed by atoms with Crippen LogP contribution in [0.4, 0.5) is 17.2 Å². The number of rotatable bonds is 7. The zero-order valence-electron chi connectivity index (χ0n) is 15.1. The van der Waals surface area contributed by atoms with Crippen molar-refractivity contribution in [3.8, 4) is 0 Å². The van der Waals surface area contributed by atoms with Gasteiger partial charge in [0.25, 0.3) is 11.6 Å². The van der Waals surface area contributed by atoms with Crippen LogP contribution in [0.3, 0.4) is 0 Å². The van der Waals surface area contributed by atoms with E-state index in [0.29, 0.717) is 17.1 Å². The summed E-state index contributed by atoms with van der Waals surface area (Å²) in [6.45, 7) is 0. The fourth-order valence-corrected chi connectivity index (χ4v) is 3.12. The monoisotopic (exact) mass is 408 g/mol. The van der Waals surface area contributed by atoms with Gasteiger partial charge >= 0.3 is 0 Å². The maximum atomic E-state index is 12.3. The molecule has 0 atom stereocenters. The molecule has 8 nitrogen and oxygen atoms in total. The maximum Gasteiger partial charge on any atom is 0.269 e. The van der Waals surface area contributed by atoms with Crippen molar-refractivity contribution in [2.24, 2.45) is 0 Å². The van der Waals surface area contributed by atoms with Gasteiger partial charge in [-0.25, -0.2) is 4.98 Å². The zero-order valence-corrected chi connectivity index (χ0v) is 15.9. The smallest absolute Gasteiger partial charge is 0.269 e. The van der Waals surface area contributed by atoms with E-state index in [1.807, 2.05) is 6.07 Å². The third-order valence-corrected chi connectivity index (χ3v) is 4.73. The van der Waals surface area contributed by atoms with Gasteiger partial charge in [0, 0.05) is 34.5 Å². The second-order valence-electron chi connectivity index (χ2n) is 5.84. The Hall–Kier alpha value is -3.72. The highest BCUT2D eigenvalue weighted by Crippen LogP contribution is 2.22. The van der Waals surface area contributed by atoms with Gasteiger partial charge in [0.1, 0.15) is 5.82 Å². The lowest BCUT2D eigenvalue weighted by Crippen LogP contribution is -2.14. The Bertz CT molecular complexity index is 1030. The average Bonchev–Trinajstić information content (AvgIpc) is 2.73. The molecule has 2 amide bonds. The molecule has 1 heterocycles. The summed E-state index contributed by atoms with van der Waals surface area (Å²) in [5.74, 6) is 0.113. The normalized spacial score (nSPS) is 10.2. The van der Waals surface area contributed by atoms with Gasteiger partial charge in [0.15, 0.2) is 0 Å². The molecule has 0 fully saturated rings. The van der Waals surface area contributed by atoms with E-state index in [1.165, 1.54) is 36.0 Å². The third-order valence-electron chi connectivity index (χ3n) is 3.73. The standard InChI is InChI=1S/C20H16N4O4S/c25-19(23-18-6-1-2-11-21-18)13-29-17-5-3-4-15(12-17)22-20(26)14-7-9-16(10-8-14)24(27)28/h1-12H,13H2,(H,22,26)(H,21,23,25). The minimum Gasteiger partial charge on any atom is -0.322 e. The van der Waals surface area contributed by atoms with Crippen LogP contribution in [0.25, 0.3) is 0 Å². The zero-order chi connectivity index (χ0) is 20.6. The highest BCUT2D eigenvalue weighted by Gasteiger charge is 2.10. The molecule has 0 radical (unpaired) electrons. The summed E-state index contributed by atoms with van der Waals surface area (Å²) in [5, 5.41) is 16.1. The number of amides is 2. The third kappa shape index (κ3) is 5.88. The number of carbonyl (C=O) groups excluding carboxylic acids is 2. The van der Waals surface area contributed by atoms with Crippen molar-refractivity contribution in [1.82, 2.24) is 4.98 Å². The van der Waals surface area contributed by atoms with E-state index in [-0.39, 0.29) is 23.3 Å². The molecule has 2 aromatic carbocycles. The van der Waals surface area contributed by atoms with E-state index in [9.17, 15) is 19.7 Å². The SMILES string of the molecule is O=C(CSc1cccc(NC(=O)c2ccc([N+](=O)[O-])cc2)c1)Nc1ccccn1. The Labute approximate surface area is 170 Å². The molecule has 0 spiro atoms. The first-order valence-electron chi connectivity index (χ1n) is 8.51. The highest BCUT2D eigenvalue weighted by molar-refractivity contribution is 8.00. The number of pyridine rings is 1. The summed E-state index contributed by atoms with van der Waals surface area (Å²) in [7, 11) is 0. The second kappa shape index (κ2) is 9.47. The number of carbonyl (C=O) groups is 2. The number of nitrogens with one attached hydrogen (secondary N) is 2. The first kappa shape index (κ1) is 20.0. The van der Waals surface area contributed by atoms with Crippen molar-refractivity contribution in [3.05, 3.63) is 88.6 Å². The Balaban J connectivity index is 1.56. The van der Waals surface area contributed by atoms with E-state index in [0.717, 1.165) is 4.90 Å². The number of anilines is 2. The van der Waals surface area contributed by atoms with Crippen LogP contribution >= 0.6 is 11.8 Å². The molecule has 29 heavy (non-hydrogen) atoms. The van der Waals surface area contributed by atoms with Crippen molar-refractivity contribution in [3.63, 3.8) is 0 Å². The second-order valence-corrected chi connectivity index (χ2v) is 6.89. The molecule has 3 rings (SSSR count). The van der Waals surface area contributed by atoms with E-state index in [4.69, 9.17) is 0 Å². The maximum absolute atomic E-state index is 12.3. The van der Waals surface area contributed by atoms with Crippen molar-refractivity contribution in [2.75, 3.05) is 16.4 Å². The van der Waals surface area contributed by atoms with Gasteiger partial charge in [-0.3, -0.25) is 19.7 Å². The molecule has 0 bridgehead atoms. The lowest BCUT2D eigenvalue weighted by molar-refractivity contribution is -0.384. The Kier molecular flexibility index (Phi) is 6.54. The van der Waals surface area contributed by atoms with Gasteiger partial charge in [-0.05, 0) is 42.5 Å². The van der Waals surface area contributed by atoms with Crippen LogP contribution < -0.4 is 10.6 Å². The molecule has 0 aliphatic carbocycles. The Morgan fingerprint density at radius 2 is 1.79 bits per heavy atom. The Morgan fingerprint density at radius 3 is 2.48 bits per heavy atom. The van der Waals surface area contributed by atoms with E-state index >= 15 is 0 Å². The first-order chi connectivity index (χ1) is 14.0. The summed E-state index contributed by atoms with van der Waals surface area (Å²) in [5.41, 5.74) is 0.788. The molecule has 2 N–H and O–H groups in total. The molecule has 9 heteroatoms. The number of hydrogen-bond acceptors (Lipinski definition) is 6. The fraction of sp³-hybridized carbons (Fsp3) is 0.0500. The summed E-state index contributed by atoms with van der Waals surface area (Å²) < 4.78 is 0. The number of thioether (sulfide) groups is 1. The number of nitrogens with zero attached hydrogens (tertiary/aromatic N) is 2. The predicted molar refractivity (Wildman–Crippen MR) is 111 cm³/mol. The lowest BCUT2D eigenvalue weighted by Gasteiger charge is -2.08. The highest BCUT2D eigenvalue weighted by atomic mass is 32.2. The van der Waals surface area contributed by atoms with Gasteiger partial charge in [0.2, 0.25) is 5.91 Å². The van der Waals surface area contributed by atoms with Gasteiger partial charge in [0.05, 0.1) is 10.7 Å². The summed E-state index contributed by atoms with van der Waals surface area (Å²) in [6.07, 6.45) is 1.60. The number of aromatic nitrogens is 1. The van der Waals surface area contributed by atoms with Gasteiger partial charge < -0.3 is 10.6 Å². The largest absolute Gasteiger partial charge is 0.322 e. The van der Waals surface area contributed by atoms with E-state index in [2.05, 4.69) is 15.6 Å². The van der Waals surface area contributed by atoms with Crippen LogP contribution in [0.5, 0.6) is 0 Å². The summed E-state index contributed by atoms with van der Waals surface area (Å²) >= 11 is 1.32. The quantitative estimate of drug-likeness (QED) is 0.347. The van der Waals surface area contributed by atoms with Crippen molar-refractivity contribution >= 4 is 40.8 Å². The van der Waals surface area contributed by atoms with Crippen LogP contribution in [0, 0.1) is 10.1 Å². The molecule has 0 unspecified atom stereocenters. The molecule has 3 aromatic rings. The number of nitro benzene ring substituents is 1. The van der Waals surface area contributed by atoms with E-state index < -0.39 is 4.92 Å². The van der Waals surface area contributed by atoms with Crippen LogP contribution in [-0.4, -0.2) is 27.5 Å². The molecular formula is C20H16N4O4S. The predicted octanol–water partition coefficient (Wildman–Crippen LogP) is 3.97. The molecule has 146 valence electrons. The van der Waals surface area contributed by atoms with Crippen molar-refractivity contribution in [2.45, 2.75) is 4.90 Å². The molecule has 0 saturated heterocycles. The van der Waals surface area contributed by atoms with E-state index in [1.54, 1.807) is 42.6 Å². The molecular weight excluding hydrogens is 392 g/mol. The number of hydrogen-bond donors (Lipinski definition) is 2. The molecule has 0 aliphatic heterocycles. The van der Waals surface area contributed by atoms with Crippen LogP contribution in [0.2, 0.25) is 0 Å². The minimum atomic E-state index is -0.521. The number of nitro groups is 1. The summed E-state index contributed by atoms with van der Waals surface area (Å²) in [6, 6.07) is 17.7. The van der Waals surface area contributed by atoms with Gasteiger partial charge in [-0.1, -0.05) is 12.1 Å². The van der Waals surface area contributed by atoms with Crippen molar-refractivity contribution in [1.29, 1.82) is 0 Å². The average molecular weight is 408 g/mol. The fourth-order valence-electron chi connectivity index (χ4n) is 2.37. The lowest BCUT2D eigenvalue weighted by atomic mass is 10.2. The van der Waals surface area contributed by atoms with Crippen LogP contribution in [0.1, 0.15) is 10.4 Å². The first-order valence-corrected chi connectivity index (χ1v) is 9.49. The number of benzene rings is 2. The molecule has 0 saturated carbocycles. The number of non-ortho nitro benzene ring substituents is 1. The topological polar surface area (TPSA) is 114 Å². The van der Waals surface area contributed by atoms with Gasteiger partial charge in [-0.15, -0.1) is 11.8 Å². The Morgan fingerprint density at radius 1 is 1.00 bits per heavy atom. The van der Waals surface area contributed by atoms with Crippen LogP contribution in [0.15, 0.2) is 77.8 Å². The van der Waals surface area contributed by atoms with Gasteiger partial charge in [-0.2, -0.15) is 0 Å². The van der Waals surface area contributed by atoms with Crippen LogP contribution in [-0.2, 0) is 4.79 Å². The minimum absolute atomic E-state index is 0.0797. The summed E-state index contributed by atoms with van der Waals surface area (Å²) in [4.78, 5) is 39.4. The van der Waals surface area contributed by atoms with Crippen molar-refractivity contribution < 1.29 is 14.5 Å². The molecule has 0 aliphatic rings.